The number of rotatable bonds is 10. The first-order valence-electron chi connectivity index (χ1n) is 12.7. The van der Waals surface area contributed by atoms with E-state index in [-0.39, 0.29) is 23.5 Å². The van der Waals surface area contributed by atoms with Crippen LogP contribution in [-0.2, 0) is 16.6 Å². The second kappa shape index (κ2) is 12.6. The summed E-state index contributed by atoms with van der Waals surface area (Å²) in [5.41, 5.74) is 1.33. The number of aliphatic carboxylic acids is 1. The normalized spacial score (nSPS) is 12.6. The van der Waals surface area contributed by atoms with Crippen LogP contribution in [0.3, 0.4) is 0 Å². The summed E-state index contributed by atoms with van der Waals surface area (Å²) in [6.45, 7) is 7.23. The fourth-order valence-electron chi connectivity index (χ4n) is 4.56. The molecule has 1 heterocycles. The van der Waals surface area contributed by atoms with Gasteiger partial charge in [-0.05, 0) is 60.6 Å². The minimum atomic E-state index is -1.46. The van der Waals surface area contributed by atoms with Crippen LogP contribution >= 0.6 is 0 Å². The second-order valence-corrected chi connectivity index (χ2v) is 10.2. The quantitative estimate of drug-likeness (QED) is 0.349. The average molecular weight is 555 g/mol. The molecule has 2 amide bonds. The zero-order valence-electron chi connectivity index (χ0n) is 22.9. The van der Waals surface area contributed by atoms with E-state index in [0.717, 1.165) is 28.0 Å². The van der Waals surface area contributed by atoms with Crippen molar-refractivity contribution in [2.45, 2.75) is 52.6 Å². The zero-order valence-corrected chi connectivity index (χ0v) is 22.9. The van der Waals surface area contributed by atoms with E-state index in [2.05, 4.69) is 15.6 Å². The summed E-state index contributed by atoms with van der Waals surface area (Å²) in [6, 6.07) is 5.15. The summed E-state index contributed by atoms with van der Waals surface area (Å²) in [5.74, 6) is -5.60. The number of carboxylic acids is 1. The summed E-state index contributed by atoms with van der Waals surface area (Å²) in [6.07, 6.45) is 1.68. The Morgan fingerprint density at radius 1 is 1.07 bits per heavy atom. The smallest absolute Gasteiger partial charge is 0.305 e. The molecule has 0 spiro atoms. The highest BCUT2D eigenvalue weighted by Gasteiger charge is 2.30. The van der Waals surface area contributed by atoms with Gasteiger partial charge in [0, 0.05) is 18.8 Å². The van der Waals surface area contributed by atoms with Gasteiger partial charge < -0.3 is 20.3 Å². The molecule has 40 heavy (non-hydrogen) atoms. The number of carbonyl (C=O) groups excluding carboxylic acids is 2. The van der Waals surface area contributed by atoms with Crippen molar-refractivity contribution in [3.05, 3.63) is 87.1 Å². The third-order valence-electron chi connectivity index (χ3n) is 6.46. The number of amides is 2. The van der Waals surface area contributed by atoms with E-state index >= 15 is 4.39 Å². The molecule has 0 saturated carbocycles. The van der Waals surface area contributed by atoms with Crippen molar-refractivity contribution in [3.63, 3.8) is 0 Å². The van der Waals surface area contributed by atoms with Crippen molar-refractivity contribution >= 4 is 17.8 Å². The molecule has 1 aromatic heterocycles. The lowest BCUT2D eigenvalue weighted by molar-refractivity contribution is -0.137. The maximum Gasteiger partial charge on any atom is 0.305 e. The van der Waals surface area contributed by atoms with Crippen molar-refractivity contribution in [1.29, 1.82) is 0 Å². The molecule has 0 saturated heterocycles. The van der Waals surface area contributed by atoms with Gasteiger partial charge in [0.2, 0.25) is 5.91 Å². The Morgan fingerprint density at radius 3 is 2.33 bits per heavy atom. The molecule has 11 heteroatoms. The predicted molar refractivity (Wildman–Crippen MR) is 145 cm³/mol. The standard InChI is InChI=1S/C29H32F2N4O5/c1-15(2)9-23(34-27(38)20-13-32-14-35(5)29(20)40)28(39)33-22(12-24(36)37)19-10-18(11-21(30)26(19)31)25-16(3)7-6-8-17(25)4/h6-8,10-11,13-15,22-23H,9,12H2,1-5H3,(H,33,39)(H,34,38)(H,36,37)/t22?,23-/m0/s1. The van der Waals surface area contributed by atoms with Crippen LogP contribution in [-0.4, -0.2) is 38.5 Å². The first kappa shape index (κ1) is 30.1. The molecule has 212 valence electrons. The van der Waals surface area contributed by atoms with Gasteiger partial charge in [0.15, 0.2) is 11.6 Å². The number of hydrogen-bond donors (Lipinski definition) is 3. The fourth-order valence-corrected chi connectivity index (χ4v) is 4.56. The first-order chi connectivity index (χ1) is 18.8. The summed E-state index contributed by atoms with van der Waals surface area (Å²) < 4.78 is 31.1. The number of nitrogens with one attached hydrogen (secondary N) is 2. The van der Waals surface area contributed by atoms with Crippen molar-refractivity contribution in [1.82, 2.24) is 20.2 Å². The number of aryl methyl sites for hydroxylation is 3. The van der Waals surface area contributed by atoms with Gasteiger partial charge >= 0.3 is 5.97 Å². The highest BCUT2D eigenvalue weighted by Crippen LogP contribution is 2.33. The SMILES string of the molecule is Cc1cccc(C)c1-c1cc(F)c(F)c(C(CC(=O)O)NC(=O)[C@H](CC(C)C)NC(=O)c2cncn(C)c2=O)c1. The van der Waals surface area contributed by atoms with Crippen LogP contribution in [0.2, 0.25) is 0 Å². The molecule has 3 N–H and O–H groups in total. The van der Waals surface area contributed by atoms with Crippen LogP contribution in [0.15, 0.2) is 47.7 Å². The van der Waals surface area contributed by atoms with E-state index < -0.39 is 53.5 Å². The monoisotopic (exact) mass is 554 g/mol. The Bertz CT molecular complexity index is 1480. The van der Waals surface area contributed by atoms with Gasteiger partial charge in [-0.25, -0.2) is 13.8 Å². The minimum absolute atomic E-state index is 0.104. The van der Waals surface area contributed by atoms with Crippen LogP contribution < -0.4 is 16.2 Å². The molecule has 9 nitrogen and oxygen atoms in total. The van der Waals surface area contributed by atoms with Crippen molar-refractivity contribution in [2.75, 3.05) is 0 Å². The molecular formula is C29H32F2N4O5. The Balaban J connectivity index is 2.00. The van der Waals surface area contributed by atoms with Gasteiger partial charge in [0.25, 0.3) is 11.5 Å². The van der Waals surface area contributed by atoms with E-state index in [9.17, 15) is 28.7 Å². The van der Waals surface area contributed by atoms with Crippen molar-refractivity contribution in [2.24, 2.45) is 13.0 Å². The zero-order chi connectivity index (χ0) is 29.7. The lowest BCUT2D eigenvalue weighted by Gasteiger charge is -2.25. The molecule has 2 aromatic carbocycles. The lowest BCUT2D eigenvalue weighted by Crippen LogP contribution is -2.49. The number of carbonyl (C=O) groups is 3. The van der Waals surface area contributed by atoms with Crippen LogP contribution in [0, 0.1) is 31.4 Å². The molecular weight excluding hydrogens is 522 g/mol. The van der Waals surface area contributed by atoms with Crippen molar-refractivity contribution in [3.8, 4) is 11.1 Å². The summed E-state index contributed by atoms with van der Waals surface area (Å²) in [7, 11) is 1.42. The largest absolute Gasteiger partial charge is 0.481 e. The third kappa shape index (κ3) is 6.96. The summed E-state index contributed by atoms with van der Waals surface area (Å²) in [4.78, 5) is 54.1. The van der Waals surface area contributed by atoms with Gasteiger partial charge in [-0.2, -0.15) is 0 Å². The molecule has 1 unspecified atom stereocenters. The molecule has 2 atom stereocenters. The van der Waals surface area contributed by atoms with Gasteiger partial charge in [0.05, 0.1) is 18.8 Å². The van der Waals surface area contributed by atoms with Gasteiger partial charge in [-0.15, -0.1) is 0 Å². The van der Waals surface area contributed by atoms with E-state index in [0.29, 0.717) is 11.1 Å². The van der Waals surface area contributed by atoms with Crippen LogP contribution in [0.25, 0.3) is 11.1 Å². The molecule has 3 aromatic rings. The molecule has 0 aliphatic carbocycles. The second-order valence-electron chi connectivity index (χ2n) is 10.2. The van der Waals surface area contributed by atoms with Crippen LogP contribution in [0.1, 0.15) is 59.8 Å². The van der Waals surface area contributed by atoms with Gasteiger partial charge in [-0.3, -0.25) is 19.2 Å². The molecule has 3 rings (SSSR count). The highest BCUT2D eigenvalue weighted by atomic mass is 19.2. The number of carboxylic acid groups (broad SMARTS) is 1. The van der Waals surface area contributed by atoms with Crippen LogP contribution in [0.5, 0.6) is 0 Å². The first-order valence-corrected chi connectivity index (χ1v) is 12.7. The molecule has 0 aliphatic rings. The van der Waals surface area contributed by atoms with E-state index in [1.807, 2.05) is 32.0 Å². The minimum Gasteiger partial charge on any atom is -0.481 e. The van der Waals surface area contributed by atoms with Crippen molar-refractivity contribution < 1.29 is 28.3 Å². The molecule has 0 bridgehead atoms. The molecule has 0 radical (unpaired) electrons. The van der Waals surface area contributed by atoms with Gasteiger partial charge in [-0.1, -0.05) is 32.0 Å². The number of aromatic nitrogens is 2. The van der Waals surface area contributed by atoms with Gasteiger partial charge in [0.1, 0.15) is 11.6 Å². The maximum atomic E-state index is 15.1. The highest BCUT2D eigenvalue weighted by molar-refractivity contribution is 5.97. The van der Waals surface area contributed by atoms with E-state index in [4.69, 9.17) is 0 Å². The fraction of sp³-hybridized carbons (Fsp3) is 0.345. The number of nitrogens with zero attached hydrogens (tertiary/aromatic N) is 2. The van der Waals surface area contributed by atoms with E-state index in [1.54, 1.807) is 13.8 Å². The Morgan fingerprint density at radius 2 is 1.73 bits per heavy atom. The summed E-state index contributed by atoms with van der Waals surface area (Å²) >= 11 is 0. The van der Waals surface area contributed by atoms with E-state index in [1.165, 1.54) is 19.4 Å². The number of halogens is 2. The third-order valence-corrected chi connectivity index (χ3v) is 6.46. The maximum absolute atomic E-state index is 15.1. The number of benzene rings is 2. The number of hydrogen-bond acceptors (Lipinski definition) is 5. The predicted octanol–water partition coefficient (Wildman–Crippen LogP) is 3.82. The molecule has 0 aliphatic heterocycles. The Labute approximate surface area is 230 Å². The Kier molecular flexibility index (Phi) is 9.51. The average Bonchev–Trinajstić information content (AvgIpc) is 2.86. The summed E-state index contributed by atoms with van der Waals surface area (Å²) in [5, 5.41) is 14.5. The molecule has 0 fully saturated rings. The lowest BCUT2D eigenvalue weighted by atomic mass is 9.92. The Hall–Kier alpha value is -4.41. The topological polar surface area (TPSA) is 130 Å². The van der Waals surface area contributed by atoms with Crippen LogP contribution in [0.4, 0.5) is 8.78 Å².